The van der Waals surface area contributed by atoms with Gasteiger partial charge in [-0.05, 0) is 38.8 Å². The molecule has 1 unspecified atom stereocenters. The van der Waals surface area contributed by atoms with Crippen molar-refractivity contribution in [3.8, 4) is 11.3 Å². The molecule has 0 bridgehead atoms. The highest BCUT2D eigenvalue weighted by Gasteiger charge is 2.22. The minimum Gasteiger partial charge on any atom is -0.441 e. The molecule has 1 aliphatic rings. The van der Waals surface area contributed by atoms with Gasteiger partial charge < -0.3 is 14.4 Å². The molecule has 134 valence electrons. The van der Waals surface area contributed by atoms with Crippen molar-refractivity contribution in [2.24, 2.45) is 5.92 Å². The maximum Gasteiger partial charge on any atom is 0.270 e. The first kappa shape index (κ1) is 17.6. The number of likely N-dealkylation sites (tertiary alicyclic amines) is 1. The Morgan fingerprint density at radius 2 is 2.20 bits per heavy atom. The zero-order valence-corrected chi connectivity index (χ0v) is 14.3. The van der Waals surface area contributed by atoms with Crippen molar-refractivity contribution in [1.82, 2.24) is 9.88 Å². The normalized spacial score (nSPS) is 17.5. The first-order valence-corrected chi connectivity index (χ1v) is 8.63. The lowest BCUT2D eigenvalue weighted by Gasteiger charge is -2.32. The summed E-state index contributed by atoms with van der Waals surface area (Å²) in [4.78, 5) is 17.1. The summed E-state index contributed by atoms with van der Waals surface area (Å²) >= 11 is 0. The summed E-state index contributed by atoms with van der Waals surface area (Å²) in [7, 11) is 0. The number of oxazole rings is 1. The van der Waals surface area contributed by atoms with Gasteiger partial charge in [0.25, 0.3) is 5.69 Å². The van der Waals surface area contributed by atoms with Crippen molar-refractivity contribution < 1.29 is 14.4 Å². The smallest absolute Gasteiger partial charge is 0.270 e. The van der Waals surface area contributed by atoms with Crippen LogP contribution >= 0.6 is 0 Å². The lowest BCUT2D eigenvalue weighted by Crippen LogP contribution is -2.38. The van der Waals surface area contributed by atoms with Crippen LogP contribution in [0.2, 0.25) is 0 Å². The second kappa shape index (κ2) is 7.76. The monoisotopic (exact) mass is 345 g/mol. The molecule has 1 aromatic carbocycles. The Bertz CT molecular complexity index is 721. The zero-order valence-electron chi connectivity index (χ0n) is 14.3. The van der Waals surface area contributed by atoms with Crippen molar-refractivity contribution in [1.29, 1.82) is 0 Å². The van der Waals surface area contributed by atoms with Crippen LogP contribution in [0.25, 0.3) is 11.3 Å². The fourth-order valence-electron chi connectivity index (χ4n) is 3.24. The first-order chi connectivity index (χ1) is 12.0. The Hall–Kier alpha value is -2.25. The Kier molecular flexibility index (Phi) is 5.45. The predicted molar refractivity (Wildman–Crippen MR) is 93.1 cm³/mol. The number of piperidine rings is 1. The molecule has 1 N–H and O–H groups in total. The summed E-state index contributed by atoms with van der Waals surface area (Å²) in [5.74, 6) is 1.59. The molecular formula is C18H23N3O4. The molecule has 0 amide bonds. The van der Waals surface area contributed by atoms with Gasteiger partial charge >= 0.3 is 0 Å². The fraction of sp³-hybridized carbons (Fsp3) is 0.500. The van der Waals surface area contributed by atoms with Gasteiger partial charge in [0.1, 0.15) is 0 Å². The minimum atomic E-state index is -0.419. The Morgan fingerprint density at radius 1 is 1.44 bits per heavy atom. The second-order valence-corrected chi connectivity index (χ2v) is 6.60. The number of hydrogen-bond donors (Lipinski definition) is 1. The molecule has 0 aliphatic carbocycles. The average molecular weight is 345 g/mol. The molecule has 1 aromatic heterocycles. The third-order valence-corrected chi connectivity index (χ3v) is 4.85. The van der Waals surface area contributed by atoms with Crippen LogP contribution < -0.4 is 0 Å². The molecule has 0 saturated carbocycles. The van der Waals surface area contributed by atoms with Crippen LogP contribution in [-0.2, 0) is 6.42 Å². The third-order valence-electron chi connectivity index (χ3n) is 4.85. The van der Waals surface area contributed by atoms with Gasteiger partial charge in [0.2, 0.25) is 0 Å². The van der Waals surface area contributed by atoms with E-state index in [4.69, 9.17) is 4.42 Å². The first-order valence-electron chi connectivity index (χ1n) is 8.63. The number of hydrogen-bond acceptors (Lipinski definition) is 6. The maximum atomic E-state index is 10.9. The van der Waals surface area contributed by atoms with Crippen molar-refractivity contribution in [2.45, 2.75) is 32.3 Å². The van der Waals surface area contributed by atoms with E-state index in [0.717, 1.165) is 32.5 Å². The molecule has 2 aromatic rings. The van der Waals surface area contributed by atoms with Crippen molar-refractivity contribution >= 4 is 5.69 Å². The van der Waals surface area contributed by atoms with Crippen LogP contribution in [0.3, 0.4) is 0 Å². The van der Waals surface area contributed by atoms with E-state index >= 15 is 0 Å². The summed E-state index contributed by atoms with van der Waals surface area (Å²) in [6.45, 7) is 4.69. The van der Waals surface area contributed by atoms with Gasteiger partial charge in [-0.2, -0.15) is 0 Å². The van der Waals surface area contributed by atoms with Gasteiger partial charge in [0.05, 0.1) is 17.2 Å². The Labute approximate surface area is 146 Å². The number of non-ortho nitro benzene ring substituents is 1. The van der Waals surface area contributed by atoms with Crippen LogP contribution in [0.1, 0.15) is 25.7 Å². The molecule has 7 nitrogen and oxygen atoms in total. The molecule has 7 heteroatoms. The highest BCUT2D eigenvalue weighted by molar-refractivity contribution is 5.60. The number of aromatic nitrogens is 1. The Balaban J connectivity index is 1.56. The molecule has 0 spiro atoms. The summed E-state index contributed by atoms with van der Waals surface area (Å²) in [5.41, 5.74) is 0.696. The van der Waals surface area contributed by atoms with E-state index in [0.29, 0.717) is 29.6 Å². The van der Waals surface area contributed by atoms with E-state index in [1.54, 1.807) is 18.3 Å². The largest absolute Gasteiger partial charge is 0.441 e. The number of nitro benzene ring substituents is 1. The number of benzene rings is 1. The van der Waals surface area contributed by atoms with Crippen molar-refractivity contribution in [3.05, 3.63) is 46.5 Å². The molecule has 3 rings (SSSR count). The van der Waals surface area contributed by atoms with Crippen LogP contribution in [0.5, 0.6) is 0 Å². The number of nitrogens with zero attached hydrogens (tertiary/aromatic N) is 3. The maximum absolute atomic E-state index is 10.9. The van der Waals surface area contributed by atoms with Crippen molar-refractivity contribution in [3.63, 3.8) is 0 Å². The van der Waals surface area contributed by atoms with Crippen LogP contribution in [0.15, 0.2) is 34.9 Å². The molecule has 2 heterocycles. The Morgan fingerprint density at radius 3 is 2.88 bits per heavy atom. The van der Waals surface area contributed by atoms with E-state index < -0.39 is 4.92 Å². The number of rotatable bonds is 6. The average Bonchev–Trinajstić information content (AvgIpc) is 3.09. The van der Waals surface area contributed by atoms with Crippen LogP contribution in [0, 0.1) is 16.0 Å². The van der Waals surface area contributed by atoms with Gasteiger partial charge in [-0.15, -0.1) is 0 Å². The predicted octanol–water partition coefficient (Wildman–Crippen LogP) is 2.89. The van der Waals surface area contributed by atoms with Crippen LogP contribution in [-0.4, -0.2) is 45.7 Å². The minimum absolute atomic E-state index is 0.0384. The fourth-order valence-corrected chi connectivity index (χ4v) is 3.24. The SMILES string of the molecule is CC(O)C1CCN(CCc2ncc(-c3cccc([N+](=O)[O-])c3)o2)CC1. The van der Waals surface area contributed by atoms with E-state index in [1.165, 1.54) is 12.1 Å². The van der Waals surface area contributed by atoms with E-state index in [-0.39, 0.29) is 11.8 Å². The molecule has 1 aliphatic heterocycles. The number of nitro groups is 1. The van der Waals surface area contributed by atoms with Gasteiger partial charge in [0.15, 0.2) is 11.7 Å². The zero-order chi connectivity index (χ0) is 17.8. The highest BCUT2D eigenvalue weighted by Crippen LogP contribution is 2.25. The molecule has 1 saturated heterocycles. The van der Waals surface area contributed by atoms with E-state index in [2.05, 4.69) is 9.88 Å². The standard InChI is InChI=1S/C18H23N3O4/c1-13(22)14-5-8-20(9-6-14)10-7-18-19-12-17(25-18)15-3-2-4-16(11-15)21(23)24/h2-4,11-14,22H,5-10H2,1H3. The summed E-state index contributed by atoms with van der Waals surface area (Å²) < 4.78 is 5.75. The second-order valence-electron chi connectivity index (χ2n) is 6.60. The van der Waals surface area contributed by atoms with Gasteiger partial charge in [-0.25, -0.2) is 4.98 Å². The molecule has 1 fully saturated rings. The van der Waals surface area contributed by atoms with Gasteiger partial charge in [-0.3, -0.25) is 10.1 Å². The topological polar surface area (TPSA) is 92.6 Å². The van der Waals surface area contributed by atoms with E-state index in [1.807, 2.05) is 6.92 Å². The summed E-state index contributed by atoms with van der Waals surface area (Å²) in [5, 5.41) is 20.5. The lowest BCUT2D eigenvalue weighted by molar-refractivity contribution is -0.384. The third kappa shape index (κ3) is 4.43. The quantitative estimate of drug-likeness (QED) is 0.639. The highest BCUT2D eigenvalue weighted by atomic mass is 16.6. The molecule has 25 heavy (non-hydrogen) atoms. The molecule has 0 radical (unpaired) electrons. The molecule has 1 atom stereocenters. The summed E-state index contributed by atoms with van der Waals surface area (Å²) in [6.07, 6.45) is 4.12. The number of aliphatic hydroxyl groups excluding tert-OH is 1. The van der Waals surface area contributed by atoms with E-state index in [9.17, 15) is 15.2 Å². The molecular weight excluding hydrogens is 322 g/mol. The lowest BCUT2D eigenvalue weighted by atomic mass is 9.92. The van der Waals surface area contributed by atoms with Gasteiger partial charge in [0, 0.05) is 30.7 Å². The van der Waals surface area contributed by atoms with Crippen LogP contribution in [0.4, 0.5) is 5.69 Å². The van der Waals surface area contributed by atoms with Crippen molar-refractivity contribution in [2.75, 3.05) is 19.6 Å². The summed E-state index contributed by atoms with van der Waals surface area (Å²) in [6, 6.07) is 6.36. The number of aliphatic hydroxyl groups is 1. The van der Waals surface area contributed by atoms with Gasteiger partial charge in [-0.1, -0.05) is 12.1 Å².